The molecule has 0 spiro atoms. The fourth-order valence-corrected chi connectivity index (χ4v) is 7.41. The Bertz CT molecular complexity index is 1270. The summed E-state index contributed by atoms with van der Waals surface area (Å²) < 4.78 is 40.7. The van der Waals surface area contributed by atoms with Gasteiger partial charge in [0.15, 0.2) is 0 Å². The first kappa shape index (κ1) is 21.6. The highest BCUT2D eigenvalue weighted by Crippen LogP contribution is 2.53. The molecule has 2 heterocycles. The lowest BCUT2D eigenvalue weighted by Crippen LogP contribution is -2.40. The Hall–Kier alpha value is -2.29. The van der Waals surface area contributed by atoms with Gasteiger partial charge in [0.05, 0.1) is 24.8 Å². The van der Waals surface area contributed by atoms with Crippen LogP contribution in [0.4, 0.5) is 0 Å². The number of methoxy groups -OCH3 is 1. The zero-order chi connectivity index (χ0) is 22.6. The topological polar surface area (TPSA) is 84.5 Å². The van der Waals surface area contributed by atoms with E-state index in [1.807, 2.05) is 32.0 Å². The number of hydrogen-bond acceptors (Lipinski definition) is 5. The first-order valence-corrected chi connectivity index (χ1v) is 12.6. The van der Waals surface area contributed by atoms with Crippen molar-refractivity contribution in [3.05, 3.63) is 47.2 Å². The molecule has 7 nitrogen and oxygen atoms in total. The van der Waals surface area contributed by atoms with E-state index in [-0.39, 0.29) is 34.8 Å². The molecule has 0 radical (unpaired) electrons. The molecule has 9 heteroatoms. The number of aromatic nitrogens is 2. The summed E-state index contributed by atoms with van der Waals surface area (Å²) in [4.78, 5) is 8.30. The minimum absolute atomic E-state index is 0.00964. The summed E-state index contributed by atoms with van der Waals surface area (Å²) in [5.41, 5.74) is 1.55. The number of nitrogens with zero attached hydrogens (tertiary/aromatic N) is 2. The van der Waals surface area contributed by atoms with Crippen molar-refractivity contribution in [2.45, 2.75) is 56.2 Å². The molecule has 2 aromatic carbocycles. The van der Waals surface area contributed by atoms with Gasteiger partial charge in [-0.05, 0) is 69.4 Å². The molecule has 1 N–H and O–H groups in total. The number of imidazole rings is 1. The maximum atomic E-state index is 13.9. The van der Waals surface area contributed by atoms with Crippen LogP contribution < -0.4 is 9.47 Å². The molecule has 5 rings (SSSR count). The molecule has 2 aliphatic rings. The highest BCUT2D eigenvalue weighted by Gasteiger charge is 2.53. The second-order valence-corrected chi connectivity index (χ2v) is 11.0. The average Bonchev–Trinajstić information content (AvgIpc) is 3.47. The molecule has 32 heavy (non-hydrogen) atoms. The van der Waals surface area contributed by atoms with Crippen molar-refractivity contribution in [1.29, 1.82) is 0 Å². The molecule has 0 amide bonds. The Morgan fingerprint density at radius 1 is 1.19 bits per heavy atom. The molecular formula is C23H26ClN3O4S. The van der Waals surface area contributed by atoms with E-state index in [0.29, 0.717) is 16.6 Å². The van der Waals surface area contributed by atoms with Crippen molar-refractivity contribution >= 4 is 32.7 Å². The molecule has 1 aliphatic heterocycles. The van der Waals surface area contributed by atoms with E-state index in [1.54, 1.807) is 16.4 Å². The maximum absolute atomic E-state index is 13.9. The Morgan fingerprint density at radius 3 is 2.75 bits per heavy atom. The molecule has 2 bridgehead atoms. The van der Waals surface area contributed by atoms with Crippen LogP contribution in [0.2, 0.25) is 5.02 Å². The van der Waals surface area contributed by atoms with Gasteiger partial charge in [-0.3, -0.25) is 0 Å². The highest BCUT2D eigenvalue weighted by molar-refractivity contribution is 7.89. The van der Waals surface area contributed by atoms with Crippen LogP contribution in [-0.4, -0.2) is 41.9 Å². The molecule has 1 saturated heterocycles. The van der Waals surface area contributed by atoms with Crippen molar-refractivity contribution in [3.63, 3.8) is 0 Å². The number of nitrogens with one attached hydrogen (secondary N) is 1. The molecule has 1 aromatic heterocycles. The van der Waals surface area contributed by atoms with Gasteiger partial charge in [0, 0.05) is 11.1 Å². The molecular weight excluding hydrogens is 450 g/mol. The second kappa shape index (κ2) is 7.93. The van der Waals surface area contributed by atoms with Crippen LogP contribution in [0.1, 0.15) is 45.0 Å². The third-order valence-corrected chi connectivity index (χ3v) is 8.53. The van der Waals surface area contributed by atoms with Gasteiger partial charge in [-0.2, -0.15) is 4.31 Å². The van der Waals surface area contributed by atoms with E-state index in [2.05, 4.69) is 4.98 Å². The van der Waals surface area contributed by atoms with Crippen LogP contribution in [0.3, 0.4) is 0 Å². The van der Waals surface area contributed by atoms with Gasteiger partial charge in [0.2, 0.25) is 10.0 Å². The largest absolute Gasteiger partial charge is 0.495 e. The predicted octanol–water partition coefficient (Wildman–Crippen LogP) is 4.93. The Balaban J connectivity index is 1.61. The van der Waals surface area contributed by atoms with Crippen LogP contribution >= 0.6 is 11.6 Å². The van der Waals surface area contributed by atoms with Crippen LogP contribution in [0, 0.1) is 5.92 Å². The number of sulfonamides is 1. The zero-order valence-electron chi connectivity index (χ0n) is 18.2. The minimum atomic E-state index is -3.87. The number of halogens is 1. The molecule has 0 unspecified atom stereocenters. The van der Waals surface area contributed by atoms with Crippen molar-refractivity contribution < 1.29 is 17.9 Å². The summed E-state index contributed by atoms with van der Waals surface area (Å²) >= 11 is 6.16. The lowest BCUT2D eigenvalue weighted by molar-refractivity contribution is 0.237. The van der Waals surface area contributed by atoms with Crippen LogP contribution in [0.15, 0.2) is 41.3 Å². The molecule has 2 fully saturated rings. The number of H-pyrrole nitrogens is 1. The second-order valence-electron chi connectivity index (χ2n) is 8.74. The first-order valence-electron chi connectivity index (χ1n) is 10.8. The standard InChI is InChI=1S/C23H26ClN3O4S/c1-13(2)31-19-6-4-5-17-21(19)26-23(25-17)22-14-7-9-16(11-14)27(22)32(28,29)20-12-15(24)8-10-18(20)30-3/h4-6,8,10,12-14,16,22H,7,9,11H2,1-3H3,(H,25,26)/t14-,16+,22-/m0/s1. The SMILES string of the molecule is COc1ccc(Cl)cc1S(=O)(=O)N1[C@@H]2CC[C@@H](C2)[C@H]1c1nc2c(OC(C)C)cccc2[nH]1. The van der Waals surface area contributed by atoms with Crippen LogP contribution in [-0.2, 0) is 10.0 Å². The van der Waals surface area contributed by atoms with Crippen molar-refractivity contribution in [3.8, 4) is 11.5 Å². The first-order chi connectivity index (χ1) is 15.3. The van der Waals surface area contributed by atoms with E-state index >= 15 is 0 Å². The molecule has 3 atom stereocenters. The molecule has 3 aromatic rings. The van der Waals surface area contributed by atoms with E-state index in [0.717, 1.165) is 30.3 Å². The van der Waals surface area contributed by atoms with Crippen LogP contribution in [0.25, 0.3) is 11.0 Å². The summed E-state index contributed by atoms with van der Waals surface area (Å²) in [5, 5.41) is 0.351. The fraction of sp³-hybridized carbons (Fsp3) is 0.435. The Labute approximate surface area is 192 Å². The summed E-state index contributed by atoms with van der Waals surface area (Å²) in [6.45, 7) is 3.93. The number of aromatic amines is 1. The van der Waals surface area contributed by atoms with Gasteiger partial charge in [0.1, 0.15) is 27.7 Å². The van der Waals surface area contributed by atoms with Gasteiger partial charge < -0.3 is 14.5 Å². The number of piperidine rings is 1. The number of benzene rings is 2. The van der Waals surface area contributed by atoms with E-state index in [4.69, 9.17) is 26.1 Å². The number of fused-ring (bicyclic) bond motifs is 3. The fourth-order valence-electron chi connectivity index (χ4n) is 5.11. The van der Waals surface area contributed by atoms with Crippen molar-refractivity contribution in [2.75, 3.05) is 7.11 Å². The smallest absolute Gasteiger partial charge is 0.247 e. The number of rotatable bonds is 6. The Kier molecular flexibility index (Phi) is 5.34. The lowest BCUT2D eigenvalue weighted by atomic mass is 9.99. The van der Waals surface area contributed by atoms with Crippen molar-refractivity contribution in [2.24, 2.45) is 5.92 Å². The van der Waals surface area contributed by atoms with E-state index in [9.17, 15) is 8.42 Å². The van der Waals surface area contributed by atoms with Gasteiger partial charge in [-0.25, -0.2) is 13.4 Å². The van der Waals surface area contributed by atoms with Gasteiger partial charge in [-0.1, -0.05) is 17.7 Å². The zero-order valence-corrected chi connectivity index (χ0v) is 19.8. The van der Waals surface area contributed by atoms with E-state index in [1.165, 1.54) is 13.2 Å². The predicted molar refractivity (Wildman–Crippen MR) is 123 cm³/mol. The summed E-state index contributed by atoms with van der Waals surface area (Å²) in [5.74, 6) is 1.83. The Morgan fingerprint density at radius 2 is 2.00 bits per heavy atom. The average molecular weight is 476 g/mol. The molecule has 1 aliphatic carbocycles. The molecule has 170 valence electrons. The third kappa shape index (κ3) is 3.45. The number of hydrogen-bond donors (Lipinski definition) is 1. The third-order valence-electron chi connectivity index (χ3n) is 6.34. The maximum Gasteiger partial charge on any atom is 0.247 e. The molecule has 1 saturated carbocycles. The summed E-state index contributed by atoms with van der Waals surface area (Å²) in [7, 11) is -2.40. The van der Waals surface area contributed by atoms with Crippen molar-refractivity contribution in [1.82, 2.24) is 14.3 Å². The summed E-state index contributed by atoms with van der Waals surface area (Å²) in [6.07, 6.45) is 2.64. The lowest BCUT2D eigenvalue weighted by Gasteiger charge is -2.33. The number of para-hydroxylation sites is 1. The van der Waals surface area contributed by atoms with Gasteiger partial charge >= 0.3 is 0 Å². The number of ether oxygens (including phenoxy) is 2. The monoisotopic (exact) mass is 475 g/mol. The van der Waals surface area contributed by atoms with Gasteiger partial charge in [0.25, 0.3) is 0 Å². The van der Waals surface area contributed by atoms with Gasteiger partial charge in [-0.15, -0.1) is 0 Å². The quantitative estimate of drug-likeness (QED) is 0.546. The normalized spacial score (nSPS) is 23.3. The van der Waals surface area contributed by atoms with E-state index < -0.39 is 10.0 Å². The summed E-state index contributed by atoms with van der Waals surface area (Å²) in [6, 6.07) is 9.97. The minimum Gasteiger partial charge on any atom is -0.495 e. The van der Waals surface area contributed by atoms with Crippen LogP contribution in [0.5, 0.6) is 11.5 Å². The highest BCUT2D eigenvalue weighted by atomic mass is 35.5.